The van der Waals surface area contributed by atoms with E-state index in [0.29, 0.717) is 45.6 Å². The standard InChI is InChI=1S/C20H32N6O3/c1-3-16-21-7-10-25(16)9-5-17(27)26-8-4-6-20(29,15-26)14-24-12-19(13-24)11-22-18(28)23(19)2/h7,10,29H,3-6,8-9,11-15H2,1-2H3,(H,22,28). The number of piperidine rings is 1. The maximum atomic E-state index is 12.7. The number of urea groups is 1. The number of carbonyl (C=O) groups is 2. The van der Waals surface area contributed by atoms with Crippen LogP contribution in [0.4, 0.5) is 4.79 Å². The van der Waals surface area contributed by atoms with Gasteiger partial charge in [-0.05, 0) is 12.8 Å². The number of likely N-dealkylation sites (tertiary alicyclic amines) is 2. The molecule has 1 aromatic rings. The number of aliphatic hydroxyl groups is 1. The summed E-state index contributed by atoms with van der Waals surface area (Å²) in [5.41, 5.74) is -1.02. The summed E-state index contributed by atoms with van der Waals surface area (Å²) in [7, 11) is 1.83. The van der Waals surface area contributed by atoms with Crippen molar-refractivity contribution in [3.05, 3.63) is 18.2 Å². The predicted octanol–water partition coefficient (Wildman–Crippen LogP) is -0.101. The SMILES string of the molecule is CCc1nccn1CCC(=O)N1CCCC(O)(CN2CC3(CNC(=O)N3C)C2)C1. The molecule has 3 aliphatic heterocycles. The second kappa shape index (κ2) is 7.60. The number of nitrogens with one attached hydrogen (secondary N) is 1. The molecule has 4 heterocycles. The van der Waals surface area contributed by atoms with Crippen molar-refractivity contribution >= 4 is 11.9 Å². The van der Waals surface area contributed by atoms with Gasteiger partial charge in [-0.1, -0.05) is 6.92 Å². The maximum absolute atomic E-state index is 12.7. The molecule has 3 saturated heterocycles. The molecule has 3 aliphatic rings. The molecular weight excluding hydrogens is 372 g/mol. The number of rotatable bonds is 6. The van der Waals surface area contributed by atoms with E-state index < -0.39 is 5.60 Å². The van der Waals surface area contributed by atoms with Gasteiger partial charge in [-0.15, -0.1) is 0 Å². The third kappa shape index (κ3) is 3.85. The van der Waals surface area contributed by atoms with Gasteiger partial charge in [0.05, 0.1) is 17.7 Å². The second-order valence-corrected chi connectivity index (χ2v) is 8.87. The lowest BCUT2D eigenvalue weighted by molar-refractivity contribution is -0.142. The molecule has 0 aliphatic carbocycles. The summed E-state index contributed by atoms with van der Waals surface area (Å²) in [6, 6.07) is -0.0260. The van der Waals surface area contributed by atoms with Crippen LogP contribution in [0.15, 0.2) is 12.4 Å². The van der Waals surface area contributed by atoms with E-state index in [1.165, 1.54) is 0 Å². The van der Waals surface area contributed by atoms with Crippen molar-refractivity contribution in [2.45, 2.75) is 50.3 Å². The number of aryl methyl sites for hydroxylation is 2. The number of aromatic nitrogens is 2. The minimum atomic E-state index is -0.881. The zero-order chi connectivity index (χ0) is 20.6. The first-order valence-corrected chi connectivity index (χ1v) is 10.6. The van der Waals surface area contributed by atoms with E-state index in [2.05, 4.69) is 22.1 Å². The minimum absolute atomic E-state index is 0.0260. The Labute approximate surface area is 171 Å². The van der Waals surface area contributed by atoms with Crippen LogP contribution in [0.25, 0.3) is 0 Å². The van der Waals surface area contributed by atoms with Gasteiger partial charge in [-0.2, -0.15) is 0 Å². The molecule has 0 saturated carbocycles. The van der Waals surface area contributed by atoms with E-state index in [1.54, 1.807) is 11.1 Å². The van der Waals surface area contributed by atoms with Gasteiger partial charge >= 0.3 is 6.03 Å². The highest BCUT2D eigenvalue weighted by Crippen LogP contribution is 2.33. The summed E-state index contributed by atoms with van der Waals surface area (Å²) >= 11 is 0. The molecule has 1 aromatic heterocycles. The monoisotopic (exact) mass is 404 g/mol. The van der Waals surface area contributed by atoms with E-state index in [1.807, 2.05) is 22.7 Å². The molecule has 1 spiro atoms. The third-order valence-corrected chi connectivity index (χ3v) is 6.73. The number of imidazole rings is 1. The lowest BCUT2D eigenvalue weighted by Crippen LogP contribution is -2.71. The van der Waals surface area contributed by atoms with Gasteiger partial charge < -0.3 is 24.8 Å². The molecule has 3 amide bonds. The van der Waals surface area contributed by atoms with Gasteiger partial charge in [0, 0.05) is 71.6 Å². The van der Waals surface area contributed by atoms with Crippen LogP contribution < -0.4 is 5.32 Å². The molecule has 2 N–H and O–H groups in total. The van der Waals surface area contributed by atoms with Crippen LogP contribution in [0.5, 0.6) is 0 Å². The van der Waals surface area contributed by atoms with Crippen molar-refractivity contribution in [2.24, 2.45) is 0 Å². The summed E-state index contributed by atoms with van der Waals surface area (Å²) in [5, 5.41) is 14.1. The van der Waals surface area contributed by atoms with Gasteiger partial charge in [-0.3, -0.25) is 9.69 Å². The molecule has 0 radical (unpaired) electrons. The number of amides is 3. The van der Waals surface area contributed by atoms with Crippen LogP contribution in [-0.4, -0.2) is 98.8 Å². The topological polar surface area (TPSA) is 93.9 Å². The summed E-state index contributed by atoms with van der Waals surface area (Å²) < 4.78 is 2.03. The van der Waals surface area contributed by atoms with Crippen LogP contribution in [0, 0.1) is 0 Å². The van der Waals surface area contributed by atoms with E-state index >= 15 is 0 Å². The summed E-state index contributed by atoms with van der Waals surface area (Å²) in [6.07, 6.45) is 6.47. The zero-order valence-electron chi connectivity index (χ0n) is 17.4. The third-order valence-electron chi connectivity index (χ3n) is 6.73. The number of likely N-dealkylation sites (N-methyl/N-ethyl adjacent to an activating group) is 1. The first kappa shape index (κ1) is 20.2. The number of hydrogen-bond donors (Lipinski definition) is 2. The van der Waals surface area contributed by atoms with Gasteiger partial charge in [0.25, 0.3) is 0 Å². The van der Waals surface area contributed by atoms with Crippen molar-refractivity contribution in [3.8, 4) is 0 Å². The van der Waals surface area contributed by atoms with E-state index in [4.69, 9.17) is 0 Å². The molecular formula is C20H32N6O3. The van der Waals surface area contributed by atoms with Crippen LogP contribution in [-0.2, 0) is 17.8 Å². The van der Waals surface area contributed by atoms with E-state index in [0.717, 1.165) is 31.8 Å². The normalized spacial score (nSPS) is 26.7. The van der Waals surface area contributed by atoms with Crippen LogP contribution in [0.1, 0.15) is 32.0 Å². The lowest BCUT2D eigenvalue weighted by atomic mass is 9.85. The molecule has 9 nitrogen and oxygen atoms in total. The molecule has 0 bridgehead atoms. The lowest BCUT2D eigenvalue weighted by Gasteiger charge is -2.53. The molecule has 160 valence electrons. The Kier molecular flexibility index (Phi) is 5.29. The maximum Gasteiger partial charge on any atom is 0.317 e. The minimum Gasteiger partial charge on any atom is -0.387 e. The highest BCUT2D eigenvalue weighted by molar-refractivity contribution is 5.78. The first-order chi connectivity index (χ1) is 13.8. The Balaban J connectivity index is 1.28. The largest absolute Gasteiger partial charge is 0.387 e. The Morgan fingerprint density at radius 3 is 2.83 bits per heavy atom. The fourth-order valence-corrected chi connectivity index (χ4v) is 5.02. The Bertz CT molecular complexity index is 774. The molecule has 0 aromatic carbocycles. The van der Waals surface area contributed by atoms with Crippen molar-refractivity contribution in [2.75, 3.05) is 46.3 Å². The fourth-order valence-electron chi connectivity index (χ4n) is 5.02. The molecule has 29 heavy (non-hydrogen) atoms. The second-order valence-electron chi connectivity index (χ2n) is 8.87. The zero-order valence-corrected chi connectivity index (χ0v) is 17.4. The van der Waals surface area contributed by atoms with Gasteiger partial charge in [-0.25, -0.2) is 9.78 Å². The molecule has 1 atom stereocenters. The number of nitrogens with zero attached hydrogens (tertiary/aromatic N) is 5. The summed E-state index contributed by atoms with van der Waals surface area (Å²) in [5.74, 6) is 1.08. The molecule has 3 fully saturated rings. The van der Waals surface area contributed by atoms with E-state index in [-0.39, 0.29) is 17.5 Å². The average molecular weight is 405 g/mol. The summed E-state index contributed by atoms with van der Waals surface area (Å²) in [4.78, 5) is 34.6. The van der Waals surface area contributed by atoms with E-state index in [9.17, 15) is 14.7 Å². The van der Waals surface area contributed by atoms with Gasteiger partial charge in [0.2, 0.25) is 5.91 Å². The first-order valence-electron chi connectivity index (χ1n) is 10.6. The van der Waals surface area contributed by atoms with Crippen molar-refractivity contribution < 1.29 is 14.7 Å². The highest BCUT2D eigenvalue weighted by Gasteiger charge is 2.53. The average Bonchev–Trinajstić information content (AvgIpc) is 3.25. The van der Waals surface area contributed by atoms with Gasteiger partial charge in [0.1, 0.15) is 5.82 Å². The Hall–Kier alpha value is -2.13. The molecule has 9 heteroatoms. The fraction of sp³-hybridized carbons (Fsp3) is 0.750. The van der Waals surface area contributed by atoms with Crippen LogP contribution >= 0.6 is 0 Å². The van der Waals surface area contributed by atoms with Crippen molar-refractivity contribution in [3.63, 3.8) is 0 Å². The number of β-amino-alcohol motifs (C(OH)–C–C–N with tert-alkyl or cyclic N) is 1. The summed E-state index contributed by atoms with van der Waals surface area (Å²) in [6.45, 7) is 6.50. The van der Waals surface area contributed by atoms with Crippen molar-refractivity contribution in [1.82, 2.24) is 29.6 Å². The van der Waals surface area contributed by atoms with Crippen LogP contribution in [0.2, 0.25) is 0 Å². The molecule has 4 rings (SSSR count). The number of hydrogen-bond acceptors (Lipinski definition) is 5. The Morgan fingerprint density at radius 2 is 2.14 bits per heavy atom. The highest BCUT2D eigenvalue weighted by atomic mass is 16.3. The van der Waals surface area contributed by atoms with Crippen LogP contribution in [0.3, 0.4) is 0 Å². The number of carbonyl (C=O) groups excluding carboxylic acids is 2. The smallest absolute Gasteiger partial charge is 0.317 e. The van der Waals surface area contributed by atoms with Gasteiger partial charge in [0.15, 0.2) is 0 Å². The quantitative estimate of drug-likeness (QED) is 0.691. The molecule has 1 unspecified atom stereocenters. The predicted molar refractivity (Wildman–Crippen MR) is 107 cm³/mol. The van der Waals surface area contributed by atoms with Crippen molar-refractivity contribution in [1.29, 1.82) is 0 Å². The Morgan fingerprint density at radius 1 is 1.34 bits per heavy atom.